The fourth-order valence-electron chi connectivity index (χ4n) is 3.69. The first kappa shape index (κ1) is 19.8. The number of ether oxygens (including phenoxy) is 1. The molecule has 6 heteroatoms. The lowest BCUT2D eigenvalue weighted by molar-refractivity contribution is 0.306. The Hall–Kier alpha value is -4.19. The van der Waals surface area contributed by atoms with Crippen molar-refractivity contribution in [3.8, 4) is 34.3 Å². The molecule has 5 rings (SSSR count). The molecule has 0 bridgehead atoms. The average Bonchev–Trinajstić information content (AvgIpc) is 3.18. The highest BCUT2D eigenvalue weighted by molar-refractivity contribution is 5.83. The van der Waals surface area contributed by atoms with Gasteiger partial charge in [-0.05, 0) is 48.9 Å². The first-order valence-corrected chi connectivity index (χ1v) is 10.2. The normalized spacial score (nSPS) is 11.1. The van der Waals surface area contributed by atoms with Gasteiger partial charge in [-0.2, -0.15) is 0 Å². The number of phenolic OH excluding ortho intramolecular Hbond substituents is 1. The van der Waals surface area contributed by atoms with Gasteiger partial charge in [-0.15, -0.1) is 0 Å². The standard InChI is InChI=1S/C26H20FN3O2/c1-17-13-14-22(32-16-18-8-3-2-4-9-18)25(28-17)24-20-11-5-6-15-30(20)26(29-24)23-19(27)10-7-12-21(23)31/h2-15,31H,16H2,1H3. The fraction of sp³-hybridized carbons (Fsp3) is 0.0769. The molecule has 0 saturated heterocycles. The van der Waals surface area contributed by atoms with Crippen molar-refractivity contribution in [2.45, 2.75) is 13.5 Å². The van der Waals surface area contributed by atoms with Crippen LogP contribution >= 0.6 is 0 Å². The van der Waals surface area contributed by atoms with Crippen LogP contribution in [-0.2, 0) is 6.61 Å². The van der Waals surface area contributed by atoms with Crippen LogP contribution in [0.5, 0.6) is 11.5 Å². The van der Waals surface area contributed by atoms with Crippen molar-refractivity contribution in [3.63, 3.8) is 0 Å². The Labute approximate surface area is 184 Å². The Morgan fingerprint density at radius 3 is 2.50 bits per heavy atom. The van der Waals surface area contributed by atoms with Crippen molar-refractivity contribution >= 4 is 5.52 Å². The molecule has 0 aliphatic heterocycles. The molecule has 32 heavy (non-hydrogen) atoms. The maximum Gasteiger partial charge on any atom is 0.152 e. The Balaban J connectivity index is 1.67. The SMILES string of the molecule is Cc1ccc(OCc2ccccc2)c(-c2nc(-c3c(O)cccc3F)n3ccccc23)n1. The van der Waals surface area contributed by atoms with Crippen LogP contribution in [0, 0.1) is 12.7 Å². The minimum atomic E-state index is -0.551. The summed E-state index contributed by atoms with van der Waals surface area (Å²) in [6, 6.07) is 23.4. The van der Waals surface area contributed by atoms with E-state index in [0.717, 1.165) is 16.8 Å². The molecule has 0 unspecified atom stereocenters. The second-order valence-electron chi connectivity index (χ2n) is 7.45. The highest BCUT2D eigenvalue weighted by Gasteiger charge is 2.22. The van der Waals surface area contributed by atoms with Gasteiger partial charge in [0, 0.05) is 11.9 Å². The summed E-state index contributed by atoms with van der Waals surface area (Å²) >= 11 is 0. The maximum absolute atomic E-state index is 14.7. The summed E-state index contributed by atoms with van der Waals surface area (Å²) in [7, 11) is 0. The smallest absolute Gasteiger partial charge is 0.152 e. The topological polar surface area (TPSA) is 59.7 Å². The van der Waals surface area contributed by atoms with Crippen LogP contribution in [-0.4, -0.2) is 19.5 Å². The molecule has 3 aromatic heterocycles. The molecule has 0 radical (unpaired) electrons. The zero-order valence-electron chi connectivity index (χ0n) is 17.4. The van der Waals surface area contributed by atoms with Gasteiger partial charge >= 0.3 is 0 Å². The Morgan fingerprint density at radius 1 is 0.875 bits per heavy atom. The average molecular weight is 425 g/mol. The lowest BCUT2D eigenvalue weighted by atomic mass is 10.2. The number of imidazole rings is 1. The second kappa shape index (κ2) is 8.15. The second-order valence-corrected chi connectivity index (χ2v) is 7.45. The van der Waals surface area contributed by atoms with E-state index in [1.165, 1.54) is 18.2 Å². The van der Waals surface area contributed by atoms with Crippen LogP contribution in [0.2, 0.25) is 0 Å². The molecule has 0 amide bonds. The van der Waals surface area contributed by atoms with E-state index in [9.17, 15) is 9.50 Å². The Bertz CT molecular complexity index is 1390. The largest absolute Gasteiger partial charge is 0.507 e. The lowest BCUT2D eigenvalue weighted by Crippen LogP contribution is -1.99. The van der Waals surface area contributed by atoms with E-state index in [-0.39, 0.29) is 11.3 Å². The zero-order chi connectivity index (χ0) is 22.1. The summed E-state index contributed by atoms with van der Waals surface area (Å²) in [4.78, 5) is 9.43. The number of pyridine rings is 2. The Morgan fingerprint density at radius 2 is 1.69 bits per heavy atom. The van der Waals surface area contributed by atoms with Gasteiger partial charge in [-0.25, -0.2) is 14.4 Å². The van der Waals surface area contributed by atoms with Crippen LogP contribution in [0.4, 0.5) is 4.39 Å². The fourth-order valence-corrected chi connectivity index (χ4v) is 3.69. The van der Waals surface area contributed by atoms with Gasteiger partial charge in [0.25, 0.3) is 0 Å². The molecule has 0 aliphatic carbocycles. The quantitative estimate of drug-likeness (QED) is 0.387. The highest BCUT2D eigenvalue weighted by Crippen LogP contribution is 2.37. The van der Waals surface area contributed by atoms with E-state index in [0.29, 0.717) is 29.6 Å². The van der Waals surface area contributed by atoms with Crippen LogP contribution in [0.25, 0.3) is 28.3 Å². The summed E-state index contributed by atoms with van der Waals surface area (Å²) < 4.78 is 22.5. The summed E-state index contributed by atoms with van der Waals surface area (Å²) in [6.07, 6.45) is 1.79. The van der Waals surface area contributed by atoms with Crippen LogP contribution in [0.1, 0.15) is 11.3 Å². The monoisotopic (exact) mass is 425 g/mol. The minimum Gasteiger partial charge on any atom is -0.507 e. The van der Waals surface area contributed by atoms with E-state index in [1.54, 1.807) is 10.6 Å². The first-order chi connectivity index (χ1) is 15.6. The number of rotatable bonds is 5. The molecule has 5 nitrogen and oxygen atoms in total. The number of hydrogen-bond acceptors (Lipinski definition) is 4. The molecular weight excluding hydrogens is 405 g/mol. The lowest BCUT2D eigenvalue weighted by Gasteiger charge is -2.11. The van der Waals surface area contributed by atoms with Crippen molar-refractivity contribution in [2.75, 3.05) is 0 Å². The number of hydrogen-bond donors (Lipinski definition) is 1. The number of fused-ring (bicyclic) bond motifs is 1. The summed E-state index contributed by atoms with van der Waals surface area (Å²) in [5.41, 5.74) is 3.72. The number of aromatic hydroxyl groups is 1. The first-order valence-electron chi connectivity index (χ1n) is 10.2. The third kappa shape index (κ3) is 3.56. The van der Waals surface area contributed by atoms with Crippen molar-refractivity contribution in [1.29, 1.82) is 0 Å². The van der Waals surface area contributed by atoms with Crippen LogP contribution < -0.4 is 4.74 Å². The molecule has 0 atom stereocenters. The van der Waals surface area contributed by atoms with Crippen molar-refractivity contribution in [3.05, 3.63) is 102 Å². The van der Waals surface area contributed by atoms with E-state index in [4.69, 9.17) is 14.7 Å². The number of benzene rings is 2. The van der Waals surface area contributed by atoms with Gasteiger partial charge in [-0.3, -0.25) is 4.40 Å². The van der Waals surface area contributed by atoms with Gasteiger partial charge in [-0.1, -0.05) is 42.5 Å². The zero-order valence-corrected chi connectivity index (χ0v) is 17.4. The molecule has 0 aliphatic rings. The van der Waals surface area contributed by atoms with Crippen LogP contribution in [0.3, 0.4) is 0 Å². The predicted octanol–water partition coefficient (Wildman–Crippen LogP) is 5.80. The minimum absolute atomic E-state index is 0.0411. The van der Waals surface area contributed by atoms with Gasteiger partial charge < -0.3 is 9.84 Å². The molecule has 2 aromatic carbocycles. The van der Waals surface area contributed by atoms with Gasteiger partial charge in [0.05, 0.1) is 11.1 Å². The molecule has 0 fully saturated rings. The number of phenols is 1. The Kier molecular flexibility index (Phi) is 5.03. The molecule has 1 N–H and O–H groups in total. The number of nitrogens with zero attached hydrogens (tertiary/aromatic N) is 3. The van der Waals surface area contributed by atoms with Crippen molar-refractivity contribution in [1.82, 2.24) is 14.4 Å². The molecule has 3 heterocycles. The van der Waals surface area contributed by atoms with Gasteiger partial charge in [0.1, 0.15) is 35.3 Å². The van der Waals surface area contributed by atoms with Gasteiger partial charge in [0.2, 0.25) is 0 Å². The van der Waals surface area contributed by atoms with Crippen molar-refractivity contribution < 1.29 is 14.2 Å². The van der Waals surface area contributed by atoms with E-state index >= 15 is 0 Å². The predicted molar refractivity (Wildman–Crippen MR) is 121 cm³/mol. The number of aromatic nitrogens is 3. The molecule has 0 saturated carbocycles. The highest BCUT2D eigenvalue weighted by atomic mass is 19.1. The third-order valence-electron chi connectivity index (χ3n) is 5.22. The summed E-state index contributed by atoms with van der Waals surface area (Å²) in [6.45, 7) is 2.28. The third-order valence-corrected chi connectivity index (χ3v) is 5.22. The molecule has 5 aromatic rings. The van der Waals surface area contributed by atoms with Gasteiger partial charge in [0.15, 0.2) is 5.82 Å². The van der Waals surface area contributed by atoms with Crippen molar-refractivity contribution in [2.24, 2.45) is 0 Å². The number of aryl methyl sites for hydroxylation is 1. The molecular formula is C26H20FN3O2. The van der Waals surface area contributed by atoms with E-state index < -0.39 is 5.82 Å². The van der Waals surface area contributed by atoms with E-state index in [2.05, 4.69) is 0 Å². The number of halogens is 1. The van der Waals surface area contributed by atoms with Crippen LogP contribution in [0.15, 0.2) is 85.1 Å². The summed E-state index contributed by atoms with van der Waals surface area (Å²) in [5.74, 6) is 0.145. The maximum atomic E-state index is 14.7. The summed E-state index contributed by atoms with van der Waals surface area (Å²) in [5, 5.41) is 10.4. The van der Waals surface area contributed by atoms with E-state index in [1.807, 2.05) is 67.6 Å². The molecule has 158 valence electrons. The molecule has 0 spiro atoms.